The van der Waals surface area contributed by atoms with E-state index in [2.05, 4.69) is 0 Å². The monoisotopic (exact) mass is 550 g/mol. The van der Waals surface area contributed by atoms with Gasteiger partial charge in [-0.1, -0.05) is 48.5 Å². The lowest BCUT2D eigenvalue weighted by molar-refractivity contribution is -0.0576. The fourth-order valence-electron chi connectivity index (χ4n) is 7.32. The Kier molecular flexibility index (Phi) is 7.39. The maximum absolute atomic E-state index is 9.90. The molecule has 0 saturated heterocycles. The SMILES string of the molecule is Oc1ccc(C2(c3ccc(O)cc3)CCC(OC3CCC(c4ccc(O)cc4)(c4ccc(O)cc4)CC3)CC2)cc1. The number of hydrogen-bond donors (Lipinski definition) is 4. The molecule has 2 saturated carbocycles. The van der Waals surface area contributed by atoms with E-state index in [9.17, 15) is 20.4 Å². The highest BCUT2D eigenvalue weighted by Crippen LogP contribution is 2.49. The summed E-state index contributed by atoms with van der Waals surface area (Å²) >= 11 is 0. The highest BCUT2D eigenvalue weighted by molar-refractivity contribution is 5.45. The number of hydrogen-bond acceptors (Lipinski definition) is 5. The van der Waals surface area contributed by atoms with Gasteiger partial charge in [0, 0.05) is 10.8 Å². The molecule has 5 nitrogen and oxygen atoms in total. The fraction of sp³-hybridized carbons (Fsp3) is 0.333. The van der Waals surface area contributed by atoms with Crippen LogP contribution in [-0.2, 0) is 15.6 Å². The van der Waals surface area contributed by atoms with Gasteiger partial charge in [-0.25, -0.2) is 0 Å². The number of phenols is 4. The molecule has 2 aliphatic rings. The van der Waals surface area contributed by atoms with Crippen molar-refractivity contribution in [2.75, 3.05) is 0 Å². The predicted octanol–water partition coefficient (Wildman–Crippen LogP) is 7.68. The quantitative estimate of drug-likeness (QED) is 0.198. The van der Waals surface area contributed by atoms with Crippen LogP contribution in [0.3, 0.4) is 0 Å². The van der Waals surface area contributed by atoms with Crippen LogP contribution in [0.5, 0.6) is 23.0 Å². The van der Waals surface area contributed by atoms with Gasteiger partial charge in [0.25, 0.3) is 0 Å². The first-order valence-corrected chi connectivity index (χ1v) is 14.7. The summed E-state index contributed by atoms with van der Waals surface area (Å²) in [7, 11) is 0. The van der Waals surface area contributed by atoms with E-state index in [1.807, 2.05) is 48.5 Å². The Balaban J connectivity index is 1.16. The second-order valence-corrected chi connectivity index (χ2v) is 11.9. The first kappa shape index (κ1) is 27.2. The van der Waals surface area contributed by atoms with Gasteiger partial charge in [-0.15, -0.1) is 0 Å². The van der Waals surface area contributed by atoms with Gasteiger partial charge in [0.05, 0.1) is 12.2 Å². The van der Waals surface area contributed by atoms with Gasteiger partial charge < -0.3 is 25.2 Å². The molecule has 0 radical (unpaired) electrons. The topological polar surface area (TPSA) is 90.2 Å². The third-order valence-electron chi connectivity index (χ3n) is 9.64. The van der Waals surface area contributed by atoms with Crippen molar-refractivity contribution in [1.82, 2.24) is 0 Å². The highest BCUT2D eigenvalue weighted by atomic mass is 16.5. The van der Waals surface area contributed by atoms with E-state index in [0.29, 0.717) is 0 Å². The molecule has 6 rings (SSSR count). The molecule has 5 heteroatoms. The minimum atomic E-state index is -0.180. The Hall–Kier alpha value is -3.96. The lowest BCUT2D eigenvalue weighted by atomic mass is 9.64. The smallest absolute Gasteiger partial charge is 0.115 e. The Morgan fingerprint density at radius 1 is 0.390 bits per heavy atom. The maximum atomic E-state index is 9.90. The molecule has 0 spiro atoms. The second-order valence-electron chi connectivity index (χ2n) is 11.9. The number of aromatic hydroxyl groups is 4. The average molecular weight is 551 g/mol. The molecule has 0 aliphatic heterocycles. The van der Waals surface area contributed by atoms with Crippen LogP contribution >= 0.6 is 0 Å². The molecule has 4 N–H and O–H groups in total. The summed E-state index contributed by atoms with van der Waals surface area (Å²) in [4.78, 5) is 0. The van der Waals surface area contributed by atoms with Gasteiger partial charge >= 0.3 is 0 Å². The number of benzene rings is 4. The van der Waals surface area contributed by atoms with Gasteiger partial charge in [-0.2, -0.15) is 0 Å². The molecule has 212 valence electrons. The van der Waals surface area contributed by atoms with E-state index in [4.69, 9.17) is 4.74 Å². The lowest BCUT2D eigenvalue weighted by Crippen LogP contribution is -2.40. The summed E-state index contributed by atoms with van der Waals surface area (Å²) in [6, 6.07) is 30.3. The summed E-state index contributed by atoms with van der Waals surface area (Å²) in [6.45, 7) is 0. The summed E-state index contributed by atoms with van der Waals surface area (Å²) in [6.07, 6.45) is 7.90. The van der Waals surface area contributed by atoms with Crippen molar-refractivity contribution in [1.29, 1.82) is 0 Å². The maximum Gasteiger partial charge on any atom is 0.115 e. The van der Waals surface area contributed by atoms with Gasteiger partial charge in [-0.05, 0) is 122 Å². The zero-order chi connectivity index (χ0) is 28.5. The highest BCUT2D eigenvalue weighted by Gasteiger charge is 2.42. The first-order chi connectivity index (χ1) is 19.9. The minimum absolute atomic E-state index is 0.180. The third-order valence-corrected chi connectivity index (χ3v) is 9.64. The first-order valence-electron chi connectivity index (χ1n) is 14.7. The molecule has 2 aliphatic carbocycles. The van der Waals surface area contributed by atoms with E-state index in [1.165, 1.54) is 22.3 Å². The molecule has 4 aromatic carbocycles. The van der Waals surface area contributed by atoms with Crippen molar-refractivity contribution in [3.8, 4) is 23.0 Å². The van der Waals surface area contributed by atoms with Crippen LogP contribution in [0, 0.1) is 0 Å². The molecule has 0 heterocycles. The van der Waals surface area contributed by atoms with Crippen LogP contribution < -0.4 is 0 Å². The normalized spacial score (nSPS) is 19.1. The van der Waals surface area contributed by atoms with Gasteiger partial charge in [0.15, 0.2) is 0 Å². The van der Waals surface area contributed by atoms with Crippen molar-refractivity contribution in [2.45, 2.75) is 74.4 Å². The number of ether oxygens (including phenoxy) is 1. The van der Waals surface area contributed by atoms with E-state index in [1.54, 1.807) is 48.5 Å². The van der Waals surface area contributed by atoms with Crippen LogP contribution in [-0.4, -0.2) is 32.6 Å². The Morgan fingerprint density at radius 2 is 0.610 bits per heavy atom. The summed E-state index contributed by atoms with van der Waals surface area (Å²) in [5.41, 5.74) is 4.38. The molecule has 0 unspecified atom stereocenters. The number of rotatable bonds is 6. The Bertz CT molecular complexity index is 1220. The third kappa shape index (κ3) is 5.39. The molecular weight excluding hydrogens is 512 g/mol. The van der Waals surface area contributed by atoms with Crippen molar-refractivity contribution in [2.24, 2.45) is 0 Å². The van der Waals surface area contributed by atoms with Gasteiger partial charge in [0.1, 0.15) is 23.0 Å². The van der Waals surface area contributed by atoms with Crippen LogP contribution in [0.25, 0.3) is 0 Å². The van der Waals surface area contributed by atoms with Crippen molar-refractivity contribution < 1.29 is 25.2 Å². The molecule has 2 fully saturated rings. The van der Waals surface area contributed by atoms with Gasteiger partial charge in [-0.3, -0.25) is 0 Å². The zero-order valence-electron chi connectivity index (χ0n) is 23.2. The van der Waals surface area contributed by atoms with Crippen LogP contribution in [0.4, 0.5) is 0 Å². The minimum Gasteiger partial charge on any atom is -0.508 e. The molecule has 0 amide bonds. The van der Waals surface area contributed by atoms with Gasteiger partial charge in [0.2, 0.25) is 0 Å². The fourth-order valence-corrected chi connectivity index (χ4v) is 7.32. The van der Waals surface area contributed by atoms with Crippen LogP contribution in [0.15, 0.2) is 97.1 Å². The van der Waals surface area contributed by atoms with Crippen LogP contribution in [0.1, 0.15) is 73.6 Å². The molecular formula is C36H38O5. The summed E-state index contributed by atoms with van der Waals surface area (Å²) < 4.78 is 6.78. The molecule has 0 aromatic heterocycles. The molecule has 0 bridgehead atoms. The average Bonchev–Trinajstić information content (AvgIpc) is 3.00. The Labute approximate surface area is 241 Å². The lowest BCUT2D eigenvalue weighted by Gasteiger charge is -2.44. The molecule has 0 atom stereocenters. The Morgan fingerprint density at radius 3 is 0.829 bits per heavy atom. The summed E-state index contributed by atoms with van der Waals surface area (Å²) in [5, 5.41) is 39.6. The summed E-state index contributed by atoms with van der Waals surface area (Å²) in [5.74, 6) is 1.05. The van der Waals surface area contributed by atoms with Crippen LogP contribution in [0.2, 0.25) is 0 Å². The van der Waals surface area contributed by atoms with E-state index in [0.717, 1.165) is 51.4 Å². The van der Waals surface area contributed by atoms with Crippen molar-refractivity contribution in [3.63, 3.8) is 0 Å². The molecule has 41 heavy (non-hydrogen) atoms. The molecule has 4 aromatic rings. The standard InChI is InChI=1S/C36H38O5/c37-29-9-1-25(2-10-29)35(26-3-11-30(38)12-4-26)21-17-33(18-22-35)41-34-19-23-36(24-20-34,27-5-13-31(39)14-6-27)28-7-15-32(40)16-8-28/h1-16,33-34,37-40H,17-24H2. The predicted molar refractivity (Wildman–Crippen MR) is 160 cm³/mol. The number of phenolic OH excluding ortho intramolecular Hbond substituents is 4. The second kappa shape index (κ2) is 11.1. The van der Waals surface area contributed by atoms with E-state index >= 15 is 0 Å². The van der Waals surface area contributed by atoms with Crippen molar-refractivity contribution >= 4 is 0 Å². The van der Waals surface area contributed by atoms with E-state index in [-0.39, 0.29) is 46.0 Å². The van der Waals surface area contributed by atoms with E-state index < -0.39 is 0 Å². The zero-order valence-corrected chi connectivity index (χ0v) is 23.2. The van der Waals surface area contributed by atoms with Crippen molar-refractivity contribution in [3.05, 3.63) is 119 Å². The largest absolute Gasteiger partial charge is 0.508 e.